The highest BCUT2D eigenvalue weighted by atomic mass is 16.5. The van der Waals surface area contributed by atoms with Crippen LogP contribution in [-0.2, 0) is 17.9 Å². The molecule has 5 heteroatoms. The Morgan fingerprint density at radius 3 is 2.53 bits per heavy atom. The first-order valence-electron chi connectivity index (χ1n) is 10.6. The van der Waals surface area contributed by atoms with E-state index in [-0.39, 0.29) is 12.1 Å². The van der Waals surface area contributed by atoms with E-state index in [4.69, 9.17) is 10.5 Å². The summed E-state index contributed by atoms with van der Waals surface area (Å²) in [5, 5.41) is 8.28. The number of urea groups is 1. The smallest absolute Gasteiger partial charge is 0.315 e. The summed E-state index contributed by atoms with van der Waals surface area (Å²) in [6.45, 7) is 2.99. The minimum atomic E-state index is -0.569. The molecule has 0 aliphatic carbocycles. The minimum Gasteiger partial charge on any atom is -0.357 e. The SMILES string of the molecule is CCCCC(NC(=O)NCc1cccc2ccccc12)C(N)OCc1ccccc1. The number of carbonyl (C=O) groups is 1. The fraction of sp³-hybridized carbons (Fsp3) is 0.320. The fourth-order valence-electron chi connectivity index (χ4n) is 3.47. The van der Waals surface area contributed by atoms with Crippen LogP contribution in [-0.4, -0.2) is 18.3 Å². The number of rotatable bonds is 10. The van der Waals surface area contributed by atoms with Crippen molar-refractivity contribution in [2.45, 2.75) is 51.6 Å². The maximum atomic E-state index is 12.6. The predicted octanol–water partition coefficient (Wildman–Crippen LogP) is 4.70. The molecule has 2 amide bonds. The van der Waals surface area contributed by atoms with E-state index in [0.717, 1.165) is 41.2 Å². The van der Waals surface area contributed by atoms with Crippen molar-refractivity contribution in [2.24, 2.45) is 5.73 Å². The summed E-state index contributed by atoms with van der Waals surface area (Å²) in [6.07, 6.45) is 2.20. The van der Waals surface area contributed by atoms with Gasteiger partial charge in [-0.1, -0.05) is 92.6 Å². The number of hydrogen-bond acceptors (Lipinski definition) is 3. The highest BCUT2D eigenvalue weighted by Crippen LogP contribution is 2.18. The van der Waals surface area contributed by atoms with E-state index < -0.39 is 6.23 Å². The molecular formula is C25H31N3O2. The lowest BCUT2D eigenvalue weighted by Crippen LogP contribution is -2.51. The molecule has 5 nitrogen and oxygen atoms in total. The van der Waals surface area contributed by atoms with Crippen LogP contribution in [0.1, 0.15) is 37.3 Å². The number of nitrogens with two attached hydrogens (primary N) is 1. The van der Waals surface area contributed by atoms with Crippen molar-refractivity contribution < 1.29 is 9.53 Å². The van der Waals surface area contributed by atoms with Crippen LogP contribution in [0.15, 0.2) is 72.8 Å². The third-order valence-electron chi connectivity index (χ3n) is 5.19. The normalized spacial score (nSPS) is 13.0. The zero-order valence-corrected chi connectivity index (χ0v) is 17.5. The van der Waals surface area contributed by atoms with Crippen LogP contribution in [0.3, 0.4) is 0 Å². The summed E-state index contributed by atoms with van der Waals surface area (Å²) in [5.41, 5.74) is 8.41. The first-order chi connectivity index (χ1) is 14.7. The highest BCUT2D eigenvalue weighted by Gasteiger charge is 2.20. The van der Waals surface area contributed by atoms with Crippen LogP contribution in [0.5, 0.6) is 0 Å². The molecule has 158 valence electrons. The van der Waals surface area contributed by atoms with Gasteiger partial charge in [-0.3, -0.25) is 0 Å². The molecule has 0 aliphatic heterocycles. The lowest BCUT2D eigenvalue weighted by atomic mass is 10.0. The second-order valence-electron chi connectivity index (χ2n) is 7.48. The molecule has 0 fully saturated rings. The zero-order valence-electron chi connectivity index (χ0n) is 17.5. The molecule has 0 aliphatic rings. The van der Waals surface area contributed by atoms with Gasteiger partial charge in [-0.25, -0.2) is 4.79 Å². The lowest BCUT2D eigenvalue weighted by Gasteiger charge is -2.25. The molecule has 4 N–H and O–H groups in total. The van der Waals surface area contributed by atoms with Gasteiger partial charge in [-0.2, -0.15) is 0 Å². The van der Waals surface area contributed by atoms with Crippen LogP contribution in [0, 0.1) is 0 Å². The van der Waals surface area contributed by atoms with Crippen molar-refractivity contribution in [1.82, 2.24) is 10.6 Å². The number of carbonyl (C=O) groups excluding carboxylic acids is 1. The van der Waals surface area contributed by atoms with E-state index >= 15 is 0 Å². The Bertz CT molecular complexity index is 925. The summed E-state index contributed by atoms with van der Waals surface area (Å²) in [6, 6.07) is 23.7. The van der Waals surface area contributed by atoms with Crippen molar-refractivity contribution in [1.29, 1.82) is 0 Å². The number of amides is 2. The second-order valence-corrected chi connectivity index (χ2v) is 7.48. The Morgan fingerprint density at radius 2 is 1.73 bits per heavy atom. The summed E-state index contributed by atoms with van der Waals surface area (Å²) < 4.78 is 5.84. The van der Waals surface area contributed by atoms with Gasteiger partial charge in [0.2, 0.25) is 0 Å². The molecule has 0 bridgehead atoms. The van der Waals surface area contributed by atoms with Crippen LogP contribution < -0.4 is 16.4 Å². The molecule has 0 spiro atoms. The molecule has 0 radical (unpaired) electrons. The summed E-state index contributed by atoms with van der Waals surface area (Å²) in [5.74, 6) is 0. The minimum absolute atomic E-state index is 0.234. The lowest BCUT2D eigenvalue weighted by molar-refractivity contribution is 0.0189. The van der Waals surface area contributed by atoms with Crippen LogP contribution >= 0.6 is 0 Å². The van der Waals surface area contributed by atoms with Gasteiger partial charge in [0.15, 0.2) is 0 Å². The standard InChI is InChI=1S/C25H31N3O2/c1-2-3-16-23(24(26)30-18-19-10-5-4-6-11-19)28-25(29)27-17-21-14-9-13-20-12-7-8-15-22(20)21/h4-15,23-24H,2-3,16-18,26H2,1H3,(H2,27,28,29). The molecule has 3 rings (SSSR count). The summed E-state index contributed by atoms with van der Waals surface area (Å²) >= 11 is 0. The van der Waals surface area contributed by atoms with Crippen LogP contribution in [0.2, 0.25) is 0 Å². The Balaban J connectivity index is 1.56. The number of ether oxygens (including phenoxy) is 1. The number of nitrogens with one attached hydrogen (secondary N) is 2. The van der Waals surface area contributed by atoms with Crippen LogP contribution in [0.4, 0.5) is 4.79 Å². The molecule has 30 heavy (non-hydrogen) atoms. The van der Waals surface area contributed by atoms with Crippen LogP contribution in [0.25, 0.3) is 10.8 Å². The molecule has 0 saturated carbocycles. The molecule has 2 atom stereocenters. The first kappa shape index (κ1) is 21.8. The van der Waals surface area contributed by atoms with Crippen molar-refractivity contribution in [3.05, 3.63) is 83.9 Å². The van der Waals surface area contributed by atoms with E-state index in [1.807, 2.05) is 54.6 Å². The number of unbranched alkanes of at least 4 members (excludes halogenated alkanes) is 1. The van der Waals surface area contributed by atoms with E-state index in [9.17, 15) is 4.79 Å². The monoisotopic (exact) mass is 405 g/mol. The van der Waals surface area contributed by atoms with Crippen molar-refractivity contribution in [3.63, 3.8) is 0 Å². The molecular weight excluding hydrogens is 374 g/mol. The van der Waals surface area contributed by atoms with Gasteiger partial charge in [0.1, 0.15) is 6.23 Å². The number of benzene rings is 3. The van der Waals surface area contributed by atoms with E-state index in [0.29, 0.717) is 13.2 Å². The first-order valence-corrected chi connectivity index (χ1v) is 10.6. The van der Waals surface area contributed by atoms with Gasteiger partial charge < -0.3 is 21.1 Å². The number of fused-ring (bicyclic) bond motifs is 1. The van der Waals surface area contributed by atoms with E-state index in [1.54, 1.807) is 0 Å². The second kappa shape index (κ2) is 11.3. The van der Waals surface area contributed by atoms with Gasteiger partial charge in [0.05, 0.1) is 12.6 Å². The van der Waals surface area contributed by atoms with Gasteiger partial charge in [-0.05, 0) is 28.3 Å². The maximum Gasteiger partial charge on any atom is 0.315 e. The summed E-state index contributed by atoms with van der Waals surface area (Å²) in [4.78, 5) is 12.6. The molecule has 2 unspecified atom stereocenters. The Morgan fingerprint density at radius 1 is 1.00 bits per heavy atom. The Labute approximate surface area is 178 Å². The van der Waals surface area contributed by atoms with Crippen molar-refractivity contribution in [3.8, 4) is 0 Å². The van der Waals surface area contributed by atoms with Gasteiger partial charge in [-0.15, -0.1) is 0 Å². The molecule has 3 aromatic rings. The third kappa shape index (κ3) is 6.31. The Kier molecular flexibility index (Phi) is 8.24. The predicted molar refractivity (Wildman–Crippen MR) is 122 cm³/mol. The molecule has 0 aromatic heterocycles. The quantitative estimate of drug-likeness (QED) is 0.428. The molecule has 0 saturated heterocycles. The topological polar surface area (TPSA) is 76.4 Å². The zero-order chi connectivity index (χ0) is 21.2. The van der Waals surface area contributed by atoms with Crippen molar-refractivity contribution in [2.75, 3.05) is 0 Å². The average Bonchev–Trinajstić information content (AvgIpc) is 2.79. The van der Waals surface area contributed by atoms with Gasteiger partial charge >= 0.3 is 6.03 Å². The largest absolute Gasteiger partial charge is 0.357 e. The fourth-order valence-corrected chi connectivity index (χ4v) is 3.47. The summed E-state index contributed by atoms with van der Waals surface area (Å²) in [7, 11) is 0. The number of hydrogen-bond donors (Lipinski definition) is 3. The highest BCUT2D eigenvalue weighted by molar-refractivity contribution is 5.86. The van der Waals surface area contributed by atoms with Gasteiger partial charge in [0, 0.05) is 6.54 Å². The van der Waals surface area contributed by atoms with Crippen molar-refractivity contribution >= 4 is 16.8 Å². The molecule has 0 heterocycles. The van der Waals surface area contributed by atoms with Gasteiger partial charge in [0.25, 0.3) is 0 Å². The van der Waals surface area contributed by atoms with E-state index in [2.05, 4.69) is 35.8 Å². The molecule has 3 aromatic carbocycles. The van der Waals surface area contributed by atoms with E-state index in [1.165, 1.54) is 0 Å². The Hall–Kier alpha value is -2.89. The third-order valence-corrected chi connectivity index (χ3v) is 5.19. The average molecular weight is 406 g/mol. The maximum absolute atomic E-state index is 12.6.